The fourth-order valence-electron chi connectivity index (χ4n) is 3.22. The van der Waals surface area contributed by atoms with Crippen LogP contribution in [0.5, 0.6) is 0 Å². The van der Waals surface area contributed by atoms with Gasteiger partial charge >= 0.3 is 0 Å². The summed E-state index contributed by atoms with van der Waals surface area (Å²) in [5.74, 6) is 0.524. The molecule has 2 rings (SSSR count). The molecule has 1 heteroatoms. The summed E-state index contributed by atoms with van der Waals surface area (Å²) in [6.45, 7) is 2.06. The average molecular weight is 208 g/mol. The van der Waals surface area contributed by atoms with E-state index in [1.165, 1.54) is 56.9 Å². The van der Waals surface area contributed by atoms with Gasteiger partial charge in [-0.25, -0.2) is 0 Å². The molecule has 0 bridgehead atoms. The smallest absolute Gasteiger partial charge is 0.0856 e. The van der Waals surface area contributed by atoms with Crippen LogP contribution in [0.2, 0.25) is 0 Å². The van der Waals surface area contributed by atoms with Crippen molar-refractivity contribution < 1.29 is 5.11 Å². The van der Waals surface area contributed by atoms with E-state index in [0.29, 0.717) is 5.92 Å². The standard InChI is InChI=1S/C14H24O/c1-14(15,12-8-4-2-5-9-12)13-10-6-3-7-11-13/h8,13,15H,2-7,9-11H2,1H3. The Kier molecular flexibility index (Phi) is 3.50. The first kappa shape index (κ1) is 11.2. The van der Waals surface area contributed by atoms with E-state index in [4.69, 9.17) is 0 Å². The first-order valence-electron chi connectivity index (χ1n) is 6.63. The molecular weight excluding hydrogens is 184 g/mol. The zero-order valence-corrected chi connectivity index (χ0v) is 9.97. The first-order valence-corrected chi connectivity index (χ1v) is 6.63. The van der Waals surface area contributed by atoms with Crippen molar-refractivity contribution in [2.24, 2.45) is 5.92 Å². The molecule has 0 heterocycles. The number of aliphatic hydroxyl groups is 1. The predicted molar refractivity (Wildman–Crippen MR) is 63.7 cm³/mol. The van der Waals surface area contributed by atoms with E-state index in [2.05, 4.69) is 13.0 Å². The first-order chi connectivity index (χ1) is 7.21. The Morgan fingerprint density at radius 3 is 2.47 bits per heavy atom. The topological polar surface area (TPSA) is 20.2 Å². The van der Waals surface area contributed by atoms with Gasteiger partial charge in [-0.1, -0.05) is 25.3 Å². The van der Waals surface area contributed by atoms with Gasteiger partial charge in [-0.3, -0.25) is 0 Å². The zero-order valence-electron chi connectivity index (χ0n) is 9.97. The van der Waals surface area contributed by atoms with Gasteiger partial charge in [-0.15, -0.1) is 0 Å². The van der Waals surface area contributed by atoms with Crippen LogP contribution in [0.15, 0.2) is 11.6 Å². The van der Waals surface area contributed by atoms with Gasteiger partial charge in [0.1, 0.15) is 0 Å². The van der Waals surface area contributed by atoms with E-state index < -0.39 is 5.60 Å². The molecule has 2 aliphatic rings. The second-order valence-corrected chi connectivity index (χ2v) is 5.46. The molecule has 0 radical (unpaired) electrons. The third kappa shape index (κ3) is 2.44. The van der Waals surface area contributed by atoms with Gasteiger partial charge in [-0.05, 0) is 56.9 Å². The molecule has 0 aromatic rings. The van der Waals surface area contributed by atoms with Crippen molar-refractivity contribution in [3.63, 3.8) is 0 Å². The van der Waals surface area contributed by atoms with Crippen molar-refractivity contribution in [3.8, 4) is 0 Å². The summed E-state index contributed by atoms with van der Waals surface area (Å²) < 4.78 is 0. The molecule has 0 aromatic carbocycles. The molecule has 0 spiro atoms. The number of hydrogen-bond donors (Lipinski definition) is 1. The molecule has 1 atom stereocenters. The molecule has 0 saturated heterocycles. The lowest BCUT2D eigenvalue weighted by atomic mass is 9.72. The largest absolute Gasteiger partial charge is 0.386 e. The van der Waals surface area contributed by atoms with E-state index in [9.17, 15) is 5.11 Å². The third-order valence-electron chi connectivity index (χ3n) is 4.34. The van der Waals surface area contributed by atoms with E-state index in [1.807, 2.05) is 0 Å². The van der Waals surface area contributed by atoms with Gasteiger partial charge in [0, 0.05) is 0 Å². The van der Waals surface area contributed by atoms with Crippen molar-refractivity contribution in [2.75, 3.05) is 0 Å². The van der Waals surface area contributed by atoms with E-state index >= 15 is 0 Å². The fraction of sp³-hybridized carbons (Fsp3) is 0.857. The molecule has 1 N–H and O–H groups in total. The Morgan fingerprint density at radius 1 is 1.13 bits per heavy atom. The number of rotatable bonds is 2. The molecular formula is C14H24O. The van der Waals surface area contributed by atoms with Crippen LogP contribution in [-0.2, 0) is 0 Å². The fourth-order valence-corrected chi connectivity index (χ4v) is 3.22. The second-order valence-electron chi connectivity index (χ2n) is 5.46. The molecule has 15 heavy (non-hydrogen) atoms. The van der Waals surface area contributed by atoms with Gasteiger partial charge in [0.05, 0.1) is 5.60 Å². The highest BCUT2D eigenvalue weighted by Crippen LogP contribution is 2.39. The minimum absolute atomic E-state index is 0.499. The minimum Gasteiger partial charge on any atom is -0.386 e. The molecule has 1 nitrogen and oxygen atoms in total. The normalized spacial score (nSPS) is 28.3. The molecule has 0 aliphatic heterocycles. The SMILES string of the molecule is CC(O)(C1=CCCCC1)C1CCCCC1. The van der Waals surface area contributed by atoms with Crippen molar-refractivity contribution in [2.45, 2.75) is 70.3 Å². The molecule has 0 aromatic heterocycles. The number of hydrogen-bond acceptors (Lipinski definition) is 1. The third-order valence-corrected chi connectivity index (χ3v) is 4.34. The Labute approximate surface area is 93.6 Å². The van der Waals surface area contributed by atoms with Crippen molar-refractivity contribution in [1.29, 1.82) is 0 Å². The molecule has 1 fully saturated rings. The highest BCUT2D eigenvalue weighted by molar-refractivity contribution is 5.19. The number of allylic oxidation sites excluding steroid dienone is 1. The Morgan fingerprint density at radius 2 is 1.87 bits per heavy atom. The summed E-state index contributed by atoms with van der Waals surface area (Å²) >= 11 is 0. The van der Waals surface area contributed by atoms with Crippen LogP contribution in [0.1, 0.15) is 64.7 Å². The summed E-state index contributed by atoms with van der Waals surface area (Å²) in [5, 5.41) is 10.7. The quantitative estimate of drug-likeness (QED) is 0.684. The van der Waals surface area contributed by atoms with Gasteiger partial charge in [0.25, 0.3) is 0 Å². The Hall–Kier alpha value is -0.300. The van der Waals surface area contributed by atoms with Gasteiger partial charge < -0.3 is 5.11 Å². The van der Waals surface area contributed by atoms with Crippen LogP contribution >= 0.6 is 0 Å². The molecule has 86 valence electrons. The monoisotopic (exact) mass is 208 g/mol. The maximum absolute atomic E-state index is 10.7. The van der Waals surface area contributed by atoms with Crippen LogP contribution in [0.3, 0.4) is 0 Å². The lowest BCUT2D eigenvalue weighted by molar-refractivity contribution is 0.0128. The summed E-state index contributed by atoms with van der Waals surface area (Å²) in [4.78, 5) is 0. The van der Waals surface area contributed by atoms with E-state index in [-0.39, 0.29) is 0 Å². The van der Waals surface area contributed by atoms with Crippen molar-refractivity contribution >= 4 is 0 Å². The summed E-state index contributed by atoms with van der Waals surface area (Å²) in [7, 11) is 0. The lowest BCUT2D eigenvalue weighted by Gasteiger charge is -2.38. The van der Waals surface area contributed by atoms with Crippen LogP contribution in [0.4, 0.5) is 0 Å². The van der Waals surface area contributed by atoms with Gasteiger partial charge in [-0.2, -0.15) is 0 Å². The Bertz CT molecular complexity index is 234. The van der Waals surface area contributed by atoms with Crippen LogP contribution < -0.4 is 0 Å². The van der Waals surface area contributed by atoms with Crippen molar-refractivity contribution in [3.05, 3.63) is 11.6 Å². The highest BCUT2D eigenvalue weighted by Gasteiger charge is 2.35. The summed E-state index contributed by atoms with van der Waals surface area (Å²) in [6, 6.07) is 0. The lowest BCUT2D eigenvalue weighted by Crippen LogP contribution is -2.38. The van der Waals surface area contributed by atoms with Crippen LogP contribution in [0, 0.1) is 5.92 Å². The predicted octanol–water partition coefficient (Wildman–Crippen LogP) is 3.82. The zero-order chi connectivity index (χ0) is 10.7. The minimum atomic E-state index is -0.499. The molecule has 0 amide bonds. The average Bonchev–Trinajstić information content (AvgIpc) is 2.31. The van der Waals surface area contributed by atoms with E-state index in [1.54, 1.807) is 0 Å². The van der Waals surface area contributed by atoms with Crippen LogP contribution in [-0.4, -0.2) is 10.7 Å². The van der Waals surface area contributed by atoms with Gasteiger partial charge in [0.2, 0.25) is 0 Å². The maximum Gasteiger partial charge on any atom is 0.0856 e. The van der Waals surface area contributed by atoms with Gasteiger partial charge in [0.15, 0.2) is 0 Å². The highest BCUT2D eigenvalue weighted by atomic mass is 16.3. The Balaban J connectivity index is 2.06. The van der Waals surface area contributed by atoms with E-state index in [0.717, 1.165) is 6.42 Å². The summed E-state index contributed by atoms with van der Waals surface area (Å²) in [5.41, 5.74) is 0.835. The summed E-state index contributed by atoms with van der Waals surface area (Å²) in [6.07, 6.45) is 13.6. The van der Waals surface area contributed by atoms with Crippen LogP contribution in [0.25, 0.3) is 0 Å². The van der Waals surface area contributed by atoms with Crippen molar-refractivity contribution in [1.82, 2.24) is 0 Å². The maximum atomic E-state index is 10.7. The molecule has 1 saturated carbocycles. The molecule has 1 unspecified atom stereocenters. The molecule has 2 aliphatic carbocycles. The second kappa shape index (κ2) is 4.69.